The van der Waals surface area contributed by atoms with Gasteiger partial charge in [-0.3, -0.25) is 4.79 Å². The SMILES string of the molecule is Cc1cc(/C=C/c2ncc(C(=O)SC3=CCCC=C3)o2)cc(C)c1O. The number of allylic oxidation sites excluding steroid dienone is 3. The highest BCUT2D eigenvalue weighted by atomic mass is 32.2. The number of benzene rings is 1. The summed E-state index contributed by atoms with van der Waals surface area (Å²) in [6.45, 7) is 3.71. The number of nitrogens with zero attached hydrogens (tertiary/aromatic N) is 1. The van der Waals surface area contributed by atoms with Crippen LogP contribution in [0.15, 0.2) is 45.9 Å². The van der Waals surface area contributed by atoms with Crippen molar-refractivity contribution in [1.82, 2.24) is 4.98 Å². The summed E-state index contributed by atoms with van der Waals surface area (Å²) >= 11 is 1.16. The number of phenolic OH excluding ortho intramolecular Hbond substituents is 1. The third-order valence-electron chi connectivity index (χ3n) is 3.83. The number of hydrogen-bond acceptors (Lipinski definition) is 5. The summed E-state index contributed by atoms with van der Waals surface area (Å²) in [6.07, 6.45) is 13.1. The molecule has 0 aliphatic heterocycles. The van der Waals surface area contributed by atoms with Crippen molar-refractivity contribution in [3.8, 4) is 5.75 Å². The first-order valence-corrected chi connectivity index (χ1v) is 8.87. The van der Waals surface area contributed by atoms with E-state index in [-0.39, 0.29) is 10.9 Å². The number of oxazole rings is 1. The number of thioether (sulfide) groups is 1. The molecule has 1 aromatic heterocycles. The van der Waals surface area contributed by atoms with E-state index >= 15 is 0 Å². The van der Waals surface area contributed by atoms with Gasteiger partial charge in [0.05, 0.1) is 6.20 Å². The van der Waals surface area contributed by atoms with Gasteiger partial charge in [0.2, 0.25) is 11.7 Å². The van der Waals surface area contributed by atoms with Gasteiger partial charge in [-0.05, 0) is 73.4 Å². The lowest BCUT2D eigenvalue weighted by Gasteiger charge is -2.04. The molecule has 1 heterocycles. The van der Waals surface area contributed by atoms with Gasteiger partial charge < -0.3 is 9.52 Å². The molecule has 0 spiro atoms. The number of rotatable bonds is 4. The topological polar surface area (TPSA) is 63.3 Å². The Hall–Kier alpha value is -2.53. The monoisotopic (exact) mass is 353 g/mol. The van der Waals surface area contributed by atoms with Crippen molar-refractivity contribution < 1.29 is 14.3 Å². The molecule has 0 unspecified atom stereocenters. The van der Waals surface area contributed by atoms with Crippen LogP contribution in [0.25, 0.3) is 12.2 Å². The molecule has 1 N–H and O–H groups in total. The van der Waals surface area contributed by atoms with E-state index in [1.165, 1.54) is 6.20 Å². The van der Waals surface area contributed by atoms with Crippen LogP contribution in [0.3, 0.4) is 0 Å². The van der Waals surface area contributed by atoms with E-state index in [9.17, 15) is 9.90 Å². The molecule has 0 atom stereocenters. The van der Waals surface area contributed by atoms with Crippen molar-refractivity contribution in [2.75, 3.05) is 0 Å². The number of aromatic nitrogens is 1. The molecule has 0 saturated heterocycles. The highest BCUT2D eigenvalue weighted by Gasteiger charge is 2.14. The average molecular weight is 353 g/mol. The van der Waals surface area contributed by atoms with Crippen molar-refractivity contribution in [2.45, 2.75) is 26.7 Å². The predicted molar refractivity (Wildman–Crippen MR) is 101 cm³/mol. The Morgan fingerprint density at radius 3 is 2.68 bits per heavy atom. The van der Waals surface area contributed by atoms with Gasteiger partial charge >= 0.3 is 0 Å². The number of aromatic hydroxyl groups is 1. The van der Waals surface area contributed by atoms with E-state index in [1.807, 2.05) is 38.1 Å². The maximum atomic E-state index is 12.2. The van der Waals surface area contributed by atoms with E-state index in [0.717, 1.165) is 46.2 Å². The van der Waals surface area contributed by atoms with Crippen LogP contribution in [0.4, 0.5) is 0 Å². The van der Waals surface area contributed by atoms with Crippen molar-refractivity contribution in [2.24, 2.45) is 0 Å². The zero-order valence-electron chi connectivity index (χ0n) is 14.2. The van der Waals surface area contributed by atoms with E-state index in [4.69, 9.17) is 4.42 Å². The van der Waals surface area contributed by atoms with E-state index in [1.54, 1.807) is 6.08 Å². The van der Waals surface area contributed by atoms with Crippen molar-refractivity contribution in [1.29, 1.82) is 0 Å². The zero-order chi connectivity index (χ0) is 17.8. The van der Waals surface area contributed by atoms with Crippen LogP contribution in [0.5, 0.6) is 5.75 Å². The highest BCUT2D eigenvalue weighted by molar-refractivity contribution is 8.17. The second kappa shape index (κ2) is 7.57. The minimum Gasteiger partial charge on any atom is -0.507 e. The van der Waals surface area contributed by atoms with Crippen LogP contribution in [0, 0.1) is 13.8 Å². The van der Waals surface area contributed by atoms with Gasteiger partial charge in [0.1, 0.15) is 5.75 Å². The number of hydrogen-bond donors (Lipinski definition) is 1. The molecule has 1 aromatic carbocycles. The Bertz CT molecular complexity index is 867. The Balaban J connectivity index is 1.70. The van der Waals surface area contributed by atoms with Gasteiger partial charge in [-0.15, -0.1) is 0 Å². The molecule has 0 bridgehead atoms. The first-order chi connectivity index (χ1) is 12.0. The smallest absolute Gasteiger partial charge is 0.261 e. The number of aryl methyl sites for hydroxylation is 2. The fourth-order valence-electron chi connectivity index (χ4n) is 2.53. The van der Waals surface area contributed by atoms with Crippen LogP contribution >= 0.6 is 11.8 Å². The standard InChI is InChI=1S/C20H19NO3S/c1-13-10-15(11-14(2)19(13)22)8-9-18-21-12-17(24-18)20(23)25-16-6-4-3-5-7-16/h4,6-12,22H,3,5H2,1-2H3/b9-8+. The number of phenols is 1. The second-order valence-electron chi connectivity index (χ2n) is 5.88. The van der Waals surface area contributed by atoms with Gasteiger partial charge in [0, 0.05) is 11.0 Å². The van der Waals surface area contributed by atoms with Crippen LogP contribution in [-0.2, 0) is 0 Å². The van der Waals surface area contributed by atoms with Gasteiger partial charge in [-0.1, -0.05) is 18.2 Å². The molecule has 25 heavy (non-hydrogen) atoms. The van der Waals surface area contributed by atoms with Crippen molar-refractivity contribution >= 4 is 29.0 Å². The number of carbonyl (C=O) groups is 1. The summed E-state index contributed by atoms with van der Waals surface area (Å²) in [5.41, 5.74) is 2.56. The largest absolute Gasteiger partial charge is 0.507 e. The minimum absolute atomic E-state index is 0.152. The van der Waals surface area contributed by atoms with Crippen LogP contribution < -0.4 is 0 Å². The maximum absolute atomic E-state index is 12.2. The summed E-state index contributed by atoms with van der Waals surface area (Å²) in [5, 5.41) is 9.66. The lowest BCUT2D eigenvalue weighted by Crippen LogP contribution is -1.92. The van der Waals surface area contributed by atoms with Gasteiger partial charge in [0.15, 0.2) is 0 Å². The van der Waals surface area contributed by atoms with Crippen LogP contribution in [0.1, 0.15) is 46.0 Å². The molecule has 0 amide bonds. The van der Waals surface area contributed by atoms with Crippen molar-refractivity contribution in [3.63, 3.8) is 0 Å². The normalized spacial score (nSPS) is 14.1. The quantitative estimate of drug-likeness (QED) is 0.811. The molecule has 4 nitrogen and oxygen atoms in total. The molecule has 0 radical (unpaired) electrons. The summed E-state index contributed by atoms with van der Waals surface area (Å²) in [7, 11) is 0. The Morgan fingerprint density at radius 1 is 1.24 bits per heavy atom. The lowest BCUT2D eigenvalue weighted by molar-refractivity contribution is 0.106. The molecule has 3 rings (SSSR count). The first kappa shape index (κ1) is 17.3. The first-order valence-electron chi connectivity index (χ1n) is 8.06. The molecule has 1 aliphatic carbocycles. The van der Waals surface area contributed by atoms with Gasteiger partial charge in [-0.2, -0.15) is 0 Å². The average Bonchev–Trinajstić information content (AvgIpc) is 3.08. The van der Waals surface area contributed by atoms with Gasteiger partial charge in [0.25, 0.3) is 5.12 Å². The van der Waals surface area contributed by atoms with Crippen LogP contribution in [0.2, 0.25) is 0 Å². The molecular formula is C20H19NO3S. The summed E-state index contributed by atoms with van der Waals surface area (Å²) < 4.78 is 5.52. The fraction of sp³-hybridized carbons (Fsp3) is 0.200. The number of carbonyl (C=O) groups excluding carboxylic acids is 1. The van der Waals surface area contributed by atoms with E-state index in [0.29, 0.717) is 11.6 Å². The predicted octanol–water partition coefficient (Wildman–Crippen LogP) is 5.27. The summed E-state index contributed by atoms with van der Waals surface area (Å²) in [4.78, 5) is 17.3. The Labute approximate surface area is 151 Å². The second-order valence-corrected chi connectivity index (χ2v) is 6.92. The van der Waals surface area contributed by atoms with Crippen molar-refractivity contribution in [3.05, 3.63) is 69.8 Å². The molecule has 0 fully saturated rings. The van der Waals surface area contributed by atoms with Crippen LogP contribution in [-0.4, -0.2) is 15.2 Å². The lowest BCUT2D eigenvalue weighted by atomic mass is 10.1. The van der Waals surface area contributed by atoms with E-state index < -0.39 is 0 Å². The fourth-order valence-corrected chi connectivity index (χ4v) is 3.31. The summed E-state index contributed by atoms with van der Waals surface area (Å²) in [5.74, 6) is 0.923. The molecule has 128 valence electrons. The molecular weight excluding hydrogens is 334 g/mol. The Morgan fingerprint density at radius 2 is 2.00 bits per heavy atom. The molecule has 5 heteroatoms. The third kappa shape index (κ3) is 4.31. The highest BCUT2D eigenvalue weighted by Crippen LogP contribution is 2.27. The van der Waals surface area contributed by atoms with Gasteiger partial charge in [-0.25, -0.2) is 4.98 Å². The maximum Gasteiger partial charge on any atom is 0.261 e. The molecule has 0 saturated carbocycles. The molecule has 1 aliphatic rings. The summed E-state index contributed by atoms with van der Waals surface area (Å²) in [6, 6.07) is 3.76. The van der Waals surface area contributed by atoms with E-state index in [2.05, 4.69) is 17.1 Å². The zero-order valence-corrected chi connectivity index (χ0v) is 15.0. The molecule has 2 aromatic rings. The Kier molecular flexibility index (Phi) is 5.24. The third-order valence-corrected chi connectivity index (χ3v) is 4.75. The minimum atomic E-state index is -0.152.